The van der Waals surface area contributed by atoms with Gasteiger partial charge in [-0.05, 0) is 62.7 Å². The Morgan fingerprint density at radius 1 is 0.885 bits per heavy atom. The number of fused-ring (bicyclic) bond motifs is 3. The number of rotatable bonds is 2. The highest BCUT2D eigenvalue weighted by atomic mass is 14.3. The molecule has 0 bridgehead atoms. The van der Waals surface area contributed by atoms with Crippen molar-refractivity contribution < 1.29 is 0 Å². The van der Waals surface area contributed by atoms with Gasteiger partial charge in [0.05, 0.1) is 0 Å². The first kappa shape index (κ1) is 15.4. The Morgan fingerprint density at radius 3 is 2.27 bits per heavy atom. The molecule has 1 atom stereocenters. The van der Waals surface area contributed by atoms with Crippen LogP contribution in [0.3, 0.4) is 0 Å². The Balaban J connectivity index is 1.83. The summed E-state index contributed by atoms with van der Waals surface area (Å²) in [5.74, 6) is 0.399. The SMILES string of the molecule is CCC1=CC2=CC=CCC(c3c4ccccc4cc4ccccc34)C2=C1. The van der Waals surface area contributed by atoms with Gasteiger partial charge in [-0.15, -0.1) is 0 Å². The third-order valence-electron chi connectivity index (χ3n) is 5.74. The van der Waals surface area contributed by atoms with Crippen molar-refractivity contribution in [3.05, 3.63) is 107 Å². The summed E-state index contributed by atoms with van der Waals surface area (Å²) in [5, 5.41) is 5.44. The van der Waals surface area contributed by atoms with Crippen LogP contribution in [0, 0.1) is 0 Å². The Kier molecular flexibility index (Phi) is 3.64. The van der Waals surface area contributed by atoms with Crippen molar-refractivity contribution in [1.82, 2.24) is 0 Å². The van der Waals surface area contributed by atoms with Crippen LogP contribution in [0.2, 0.25) is 0 Å². The lowest BCUT2D eigenvalue weighted by Crippen LogP contribution is -2.04. The Labute approximate surface area is 154 Å². The lowest BCUT2D eigenvalue weighted by atomic mass is 9.81. The van der Waals surface area contributed by atoms with Crippen LogP contribution >= 0.6 is 0 Å². The number of hydrogen-bond donors (Lipinski definition) is 0. The maximum atomic E-state index is 2.43. The third-order valence-corrected chi connectivity index (χ3v) is 5.74. The van der Waals surface area contributed by atoms with Crippen molar-refractivity contribution in [3.8, 4) is 0 Å². The van der Waals surface area contributed by atoms with Gasteiger partial charge in [-0.2, -0.15) is 0 Å². The summed E-state index contributed by atoms with van der Waals surface area (Å²) in [6, 6.07) is 20.0. The molecule has 2 aliphatic carbocycles. The summed E-state index contributed by atoms with van der Waals surface area (Å²) >= 11 is 0. The maximum Gasteiger partial charge on any atom is 0.0142 e. The molecule has 0 saturated heterocycles. The molecule has 126 valence electrons. The van der Waals surface area contributed by atoms with Gasteiger partial charge < -0.3 is 0 Å². The quantitative estimate of drug-likeness (QED) is 0.433. The van der Waals surface area contributed by atoms with Crippen molar-refractivity contribution >= 4 is 21.5 Å². The molecule has 26 heavy (non-hydrogen) atoms. The molecule has 0 radical (unpaired) electrons. The van der Waals surface area contributed by atoms with Gasteiger partial charge in [-0.25, -0.2) is 0 Å². The van der Waals surface area contributed by atoms with Crippen LogP contribution < -0.4 is 0 Å². The molecule has 0 amide bonds. The van der Waals surface area contributed by atoms with Crippen LogP contribution in [0.25, 0.3) is 21.5 Å². The first-order chi connectivity index (χ1) is 12.8. The van der Waals surface area contributed by atoms with Crippen molar-refractivity contribution in [2.24, 2.45) is 0 Å². The summed E-state index contributed by atoms with van der Waals surface area (Å²) in [6.45, 7) is 2.24. The number of allylic oxidation sites excluding steroid dienone is 8. The van der Waals surface area contributed by atoms with Crippen LogP contribution in [0.5, 0.6) is 0 Å². The fourth-order valence-corrected chi connectivity index (χ4v) is 4.47. The van der Waals surface area contributed by atoms with Crippen LogP contribution in [-0.4, -0.2) is 0 Å². The van der Waals surface area contributed by atoms with E-state index in [1.54, 1.807) is 0 Å². The smallest absolute Gasteiger partial charge is 0.0142 e. The molecule has 3 aromatic rings. The van der Waals surface area contributed by atoms with Crippen LogP contribution in [0.4, 0.5) is 0 Å². The normalized spacial score (nSPS) is 19.1. The van der Waals surface area contributed by atoms with E-state index in [9.17, 15) is 0 Å². The predicted octanol–water partition coefficient (Wildman–Crippen LogP) is 7.24. The van der Waals surface area contributed by atoms with Crippen molar-refractivity contribution in [3.63, 3.8) is 0 Å². The zero-order valence-electron chi connectivity index (χ0n) is 15.1. The minimum atomic E-state index is 0.399. The van der Waals surface area contributed by atoms with E-state index in [-0.39, 0.29) is 0 Å². The molecule has 0 N–H and O–H groups in total. The second-order valence-electron chi connectivity index (χ2n) is 7.24. The molecule has 0 saturated carbocycles. The minimum Gasteiger partial charge on any atom is -0.0836 e. The van der Waals surface area contributed by atoms with E-state index in [0.717, 1.165) is 12.8 Å². The Morgan fingerprint density at radius 2 is 1.58 bits per heavy atom. The highest BCUT2D eigenvalue weighted by Gasteiger charge is 2.26. The molecule has 0 nitrogen and oxygen atoms in total. The fourth-order valence-electron chi connectivity index (χ4n) is 4.47. The molecule has 0 heterocycles. The predicted molar refractivity (Wildman–Crippen MR) is 112 cm³/mol. The molecule has 0 heteroatoms. The summed E-state index contributed by atoms with van der Waals surface area (Å²) in [4.78, 5) is 0. The molecule has 0 aliphatic heterocycles. The van der Waals surface area contributed by atoms with Crippen molar-refractivity contribution in [2.75, 3.05) is 0 Å². The molecule has 0 fully saturated rings. The van der Waals surface area contributed by atoms with E-state index in [4.69, 9.17) is 0 Å². The summed E-state index contributed by atoms with van der Waals surface area (Å²) in [7, 11) is 0. The van der Waals surface area contributed by atoms with Gasteiger partial charge in [0.15, 0.2) is 0 Å². The highest BCUT2D eigenvalue weighted by molar-refractivity contribution is 6.03. The zero-order valence-corrected chi connectivity index (χ0v) is 15.1. The monoisotopic (exact) mass is 334 g/mol. The number of hydrogen-bond acceptors (Lipinski definition) is 0. The van der Waals surface area contributed by atoms with E-state index in [1.807, 2.05) is 0 Å². The van der Waals surface area contributed by atoms with E-state index >= 15 is 0 Å². The van der Waals surface area contributed by atoms with E-state index in [1.165, 1.54) is 43.8 Å². The van der Waals surface area contributed by atoms with Gasteiger partial charge in [0, 0.05) is 5.92 Å². The standard InChI is InChI=1S/C26H22/c1-2-18-15-19-9-5-8-14-24(25(19)16-18)26-22-12-6-3-10-20(22)17-21-11-4-7-13-23(21)26/h3-13,15-17,24H,2,14H2,1H3. The van der Waals surface area contributed by atoms with Gasteiger partial charge in [0.2, 0.25) is 0 Å². The third kappa shape index (κ3) is 2.37. The van der Waals surface area contributed by atoms with Gasteiger partial charge in [-0.1, -0.05) is 85.8 Å². The average molecular weight is 334 g/mol. The lowest BCUT2D eigenvalue weighted by Gasteiger charge is -2.22. The van der Waals surface area contributed by atoms with Crippen LogP contribution in [0.15, 0.2) is 102 Å². The first-order valence-corrected chi connectivity index (χ1v) is 9.55. The van der Waals surface area contributed by atoms with Crippen molar-refractivity contribution in [2.45, 2.75) is 25.7 Å². The number of benzene rings is 3. The van der Waals surface area contributed by atoms with Gasteiger partial charge in [-0.3, -0.25) is 0 Å². The molecule has 2 aliphatic rings. The molecule has 1 unspecified atom stereocenters. The Hall–Kier alpha value is -2.86. The van der Waals surface area contributed by atoms with Gasteiger partial charge in [0.1, 0.15) is 0 Å². The molecule has 3 aromatic carbocycles. The second-order valence-corrected chi connectivity index (χ2v) is 7.24. The Bertz CT molecular complexity index is 1080. The maximum absolute atomic E-state index is 2.43. The average Bonchev–Trinajstić information content (AvgIpc) is 3.00. The molecule has 0 spiro atoms. The topological polar surface area (TPSA) is 0 Å². The molecule has 0 aromatic heterocycles. The molecular weight excluding hydrogens is 312 g/mol. The summed E-state index contributed by atoms with van der Waals surface area (Å²) in [5.41, 5.74) is 5.79. The van der Waals surface area contributed by atoms with Gasteiger partial charge >= 0.3 is 0 Å². The van der Waals surface area contributed by atoms with E-state index < -0.39 is 0 Å². The minimum absolute atomic E-state index is 0.399. The summed E-state index contributed by atoms with van der Waals surface area (Å²) in [6.07, 6.45) is 13.8. The highest BCUT2D eigenvalue weighted by Crippen LogP contribution is 2.45. The summed E-state index contributed by atoms with van der Waals surface area (Å²) < 4.78 is 0. The molecule has 5 rings (SSSR count). The lowest BCUT2D eigenvalue weighted by molar-refractivity contribution is 0.843. The largest absolute Gasteiger partial charge is 0.0836 e. The fraction of sp³-hybridized carbons (Fsp3) is 0.154. The van der Waals surface area contributed by atoms with Crippen LogP contribution in [-0.2, 0) is 0 Å². The van der Waals surface area contributed by atoms with Gasteiger partial charge in [0.25, 0.3) is 0 Å². The van der Waals surface area contributed by atoms with E-state index in [0.29, 0.717) is 5.92 Å². The first-order valence-electron chi connectivity index (χ1n) is 9.55. The van der Waals surface area contributed by atoms with E-state index in [2.05, 4.69) is 91.9 Å². The zero-order chi connectivity index (χ0) is 17.5. The second kappa shape index (κ2) is 6.14. The van der Waals surface area contributed by atoms with Crippen molar-refractivity contribution in [1.29, 1.82) is 0 Å². The molecular formula is C26H22. The van der Waals surface area contributed by atoms with Crippen LogP contribution in [0.1, 0.15) is 31.2 Å².